The fraction of sp³-hybridized carbons (Fsp3) is 0.700. The van der Waals surface area contributed by atoms with Crippen molar-refractivity contribution in [1.82, 2.24) is 9.46 Å². The first-order chi connectivity index (χ1) is 6.82. The molecule has 4 nitrogen and oxygen atoms in total. The Morgan fingerprint density at radius 1 is 1.20 bits per heavy atom. The smallest absolute Gasteiger partial charge is 0.384 e. The van der Waals surface area contributed by atoms with E-state index >= 15 is 0 Å². The van der Waals surface area contributed by atoms with Crippen molar-refractivity contribution in [2.24, 2.45) is 0 Å². The van der Waals surface area contributed by atoms with E-state index in [0.29, 0.717) is 0 Å². The zero-order chi connectivity index (χ0) is 11.3. The van der Waals surface area contributed by atoms with Gasteiger partial charge in [-0.3, -0.25) is 0 Å². The van der Waals surface area contributed by atoms with Crippen molar-refractivity contribution in [1.29, 1.82) is 0 Å². The first kappa shape index (κ1) is 10.7. The fourth-order valence-electron chi connectivity index (χ4n) is 1.49. The van der Waals surface area contributed by atoms with Crippen LogP contribution in [0.5, 0.6) is 0 Å². The van der Waals surface area contributed by atoms with Gasteiger partial charge in [0.2, 0.25) is 0 Å². The Bertz CT molecular complexity index is 357. The minimum atomic E-state index is -0.365. The Kier molecular flexibility index (Phi) is 2.21. The highest BCUT2D eigenvalue weighted by Gasteiger charge is 2.52. The van der Waals surface area contributed by atoms with Gasteiger partial charge in [-0.15, -0.1) is 0 Å². The van der Waals surface area contributed by atoms with Gasteiger partial charge >= 0.3 is 7.25 Å². The predicted octanol–water partition coefficient (Wildman–Crippen LogP) is 1.63. The van der Waals surface area contributed by atoms with Crippen LogP contribution in [0.3, 0.4) is 0 Å². The third-order valence-electron chi connectivity index (χ3n) is 3.21. The Balaban J connectivity index is 2.23. The number of nitrogens with zero attached hydrogens (tertiary/aromatic N) is 2. The summed E-state index contributed by atoms with van der Waals surface area (Å²) in [6, 6.07) is 0. The van der Waals surface area contributed by atoms with Crippen molar-refractivity contribution in [2.75, 3.05) is 0 Å². The van der Waals surface area contributed by atoms with Crippen LogP contribution in [0.2, 0.25) is 0 Å². The van der Waals surface area contributed by atoms with Crippen LogP contribution in [-0.4, -0.2) is 27.9 Å². The average Bonchev–Trinajstić information content (AvgIpc) is 2.56. The van der Waals surface area contributed by atoms with E-state index in [1.165, 1.54) is 0 Å². The summed E-state index contributed by atoms with van der Waals surface area (Å²) < 4.78 is 13.6. The van der Waals surface area contributed by atoms with Gasteiger partial charge in [-0.25, -0.2) is 4.98 Å². The topological polar surface area (TPSA) is 36.3 Å². The van der Waals surface area contributed by atoms with Crippen LogP contribution in [0, 0.1) is 6.92 Å². The maximum absolute atomic E-state index is 5.86. The lowest BCUT2D eigenvalue weighted by atomic mass is 9.90. The molecule has 15 heavy (non-hydrogen) atoms. The van der Waals surface area contributed by atoms with Crippen LogP contribution in [0.1, 0.15) is 33.4 Å². The second kappa shape index (κ2) is 3.09. The number of aryl methyl sites for hydroxylation is 1. The summed E-state index contributed by atoms with van der Waals surface area (Å²) in [6.45, 7) is 10.1. The molecule has 1 aromatic heterocycles. The molecule has 1 fully saturated rings. The molecule has 2 rings (SSSR count). The van der Waals surface area contributed by atoms with E-state index < -0.39 is 0 Å². The number of imidazole rings is 1. The summed E-state index contributed by atoms with van der Waals surface area (Å²) in [4.78, 5) is 4.16. The molecule has 0 bridgehead atoms. The molecule has 82 valence electrons. The Morgan fingerprint density at radius 2 is 1.73 bits per heavy atom. The normalized spacial score (nSPS) is 23.4. The minimum absolute atomic E-state index is 0.296. The molecular formula is C10H17BN2O2. The molecular weight excluding hydrogens is 191 g/mol. The maximum Gasteiger partial charge on any atom is 0.599 e. The van der Waals surface area contributed by atoms with Crippen LogP contribution in [-0.2, 0) is 9.31 Å². The van der Waals surface area contributed by atoms with Gasteiger partial charge in [0.1, 0.15) is 0 Å². The molecule has 0 amide bonds. The highest BCUT2D eigenvalue weighted by molar-refractivity contribution is 6.43. The van der Waals surface area contributed by atoms with E-state index in [2.05, 4.69) is 4.98 Å². The van der Waals surface area contributed by atoms with Gasteiger partial charge in [-0.2, -0.15) is 0 Å². The number of rotatable bonds is 1. The predicted molar refractivity (Wildman–Crippen MR) is 58.4 cm³/mol. The highest BCUT2D eigenvalue weighted by Crippen LogP contribution is 2.36. The number of hydrogen-bond acceptors (Lipinski definition) is 3. The van der Waals surface area contributed by atoms with Crippen molar-refractivity contribution in [3.8, 4) is 0 Å². The molecule has 1 aliphatic rings. The molecule has 5 heteroatoms. The number of aromatic nitrogens is 2. The molecule has 0 N–H and O–H groups in total. The van der Waals surface area contributed by atoms with E-state index in [0.717, 1.165) is 5.69 Å². The summed E-state index contributed by atoms with van der Waals surface area (Å²) in [6.07, 6.45) is 3.65. The van der Waals surface area contributed by atoms with Gasteiger partial charge in [0, 0.05) is 6.20 Å². The van der Waals surface area contributed by atoms with Gasteiger partial charge in [0.05, 0.1) is 23.2 Å². The van der Waals surface area contributed by atoms with Gasteiger partial charge in [-0.05, 0) is 34.6 Å². The van der Waals surface area contributed by atoms with Gasteiger partial charge in [0.15, 0.2) is 0 Å². The van der Waals surface area contributed by atoms with Crippen molar-refractivity contribution < 1.29 is 9.31 Å². The summed E-state index contributed by atoms with van der Waals surface area (Å²) in [5.41, 5.74) is 0.371. The van der Waals surface area contributed by atoms with Crippen LogP contribution < -0.4 is 0 Å². The highest BCUT2D eigenvalue weighted by atomic mass is 16.7. The van der Waals surface area contributed by atoms with Crippen molar-refractivity contribution in [2.45, 2.75) is 45.8 Å². The molecule has 0 spiro atoms. The third kappa shape index (κ3) is 1.70. The Morgan fingerprint density at radius 3 is 2.13 bits per heavy atom. The summed E-state index contributed by atoms with van der Waals surface area (Å²) >= 11 is 0. The summed E-state index contributed by atoms with van der Waals surface area (Å²) in [5, 5.41) is 0. The van der Waals surface area contributed by atoms with Gasteiger partial charge in [0.25, 0.3) is 0 Å². The fourth-order valence-corrected chi connectivity index (χ4v) is 1.49. The summed E-state index contributed by atoms with van der Waals surface area (Å²) in [5.74, 6) is 0. The van der Waals surface area contributed by atoms with Crippen molar-refractivity contribution in [3.05, 3.63) is 18.2 Å². The van der Waals surface area contributed by atoms with Crippen LogP contribution in [0.15, 0.2) is 12.5 Å². The first-order valence-electron chi connectivity index (χ1n) is 5.17. The molecule has 1 aliphatic heterocycles. The molecule has 1 saturated heterocycles. The van der Waals surface area contributed by atoms with E-state index in [4.69, 9.17) is 9.31 Å². The zero-order valence-electron chi connectivity index (χ0n) is 9.94. The lowest BCUT2D eigenvalue weighted by Crippen LogP contribution is -2.41. The van der Waals surface area contributed by atoms with Crippen LogP contribution >= 0.6 is 0 Å². The van der Waals surface area contributed by atoms with Gasteiger partial charge < -0.3 is 13.8 Å². The largest absolute Gasteiger partial charge is 0.599 e. The van der Waals surface area contributed by atoms with Gasteiger partial charge in [-0.1, -0.05) is 0 Å². The standard InChI is InChI=1S/C10H17BN2O2/c1-8-6-13(7-12-8)11-14-9(2,3)10(4,5)15-11/h6-7H,1-5H3. The monoisotopic (exact) mass is 208 g/mol. The number of hydrogen-bond donors (Lipinski definition) is 0. The molecule has 0 aliphatic carbocycles. The molecule has 0 atom stereocenters. The van der Waals surface area contributed by atoms with E-state index in [1.54, 1.807) is 6.33 Å². The quantitative estimate of drug-likeness (QED) is 0.658. The SMILES string of the molecule is Cc1cn(B2OC(C)(C)C(C)(C)O2)cn1. The maximum atomic E-state index is 5.86. The molecule has 0 radical (unpaired) electrons. The summed E-state index contributed by atoms with van der Waals surface area (Å²) in [7, 11) is -0.365. The molecule has 1 aromatic rings. The Labute approximate surface area is 90.8 Å². The van der Waals surface area contributed by atoms with Crippen molar-refractivity contribution >= 4 is 7.25 Å². The molecule has 0 aromatic carbocycles. The second-order valence-corrected chi connectivity index (χ2v) is 5.03. The second-order valence-electron chi connectivity index (χ2n) is 5.03. The van der Waals surface area contributed by atoms with E-state index in [9.17, 15) is 0 Å². The average molecular weight is 208 g/mol. The first-order valence-corrected chi connectivity index (χ1v) is 5.17. The van der Waals surface area contributed by atoms with E-state index in [-0.39, 0.29) is 18.5 Å². The van der Waals surface area contributed by atoms with Crippen molar-refractivity contribution in [3.63, 3.8) is 0 Å². The lowest BCUT2D eigenvalue weighted by molar-refractivity contribution is 0.00578. The third-order valence-corrected chi connectivity index (χ3v) is 3.21. The molecule has 2 heterocycles. The van der Waals surface area contributed by atoms with Crippen LogP contribution in [0.25, 0.3) is 0 Å². The Hall–Kier alpha value is -0.805. The molecule has 0 saturated carbocycles. The lowest BCUT2D eigenvalue weighted by Gasteiger charge is -2.32. The molecule has 0 unspecified atom stereocenters. The van der Waals surface area contributed by atoms with Crippen LogP contribution in [0.4, 0.5) is 0 Å². The van der Waals surface area contributed by atoms with E-state index in [1.807, 2.05) is 45.3 Å². The zero-order valence-corrected chi connectivity index (χ0v) is 9.94. The minimum Gasteiger partial charge on any atom is -0.384 e.